The highest BCUT2D eigenvalue weighted by Crippen LogP contribution is 2.01. The molecule has 1 rings (SSSR count). The minimum atomic E-state index is -0.325. The predicted molar refractivity (Wildman–Crippen MR) is 71.4 cm³/mol. The van der Waals surface area contributed by atoms with Crippen LogP contribution in [0.1, 0.15) is 25.5 Å². The van der Waals surface area contributed by atoms with Gasteiger partial charge in [0.05, 0.1) is 13.0 Å². The quantitative estimate of drug-likeness (QED) is 0.699. The number of amides is 1. The summed E-state index contributed by atoms with van der Waals surface area (Å²) in [5.41, 5.74) is 0.951. The van der Waals surface area contributed by atoms with Crippen LogP contribution in [0.15, 0.2) is 24.4 Å². The lowest BCUT2D eigenvalue weighted by molar-refractivity contribution is -0.145. The number of hydrogen-bond acceptors (Lipinski definition) is 4. The number of pyridine rings is 1. The van der Waals surface area contributed by atoms with Crippen molar-refractivity contribution in [3.63, 3.8) is 0 Å². The first-order valence-corrected chi connectivity index (χ1v) is 6.43. The molecule has 0 aliphatic heterocycles. The predicted octanol–water partition coefficient (Wildman–Crippen LogP) is 1.43. The van der Waals surface area contributed by atoms with Crippen LogP contribution in [-0.2, 0) is 20.7 Å². The number of ether oxygens (including phenoxy) is 1. The van der Waals surface area contributed by atoms with Crippen molar-refractivity contribution in [1.82, 2.24) is 9.88 Å². The van der Waals surface area contributed by atoms with Crippen molar-refractivity contribution in [2.24, 2.45) is 0 Å². The van der Waals surface area contributed by atoms with Crippen LogP contribution in [-0.4, -0.2) is 42.0 Å². The molecule has 5 heteroatoms. The van der Waals surface area contributed by atoms with E-state index in [1.807, 2.05) is 18.2 Å². The van der Waals surface area contributed by atoms with E-state index in [0.29, 0.717) is 19.6 Å². The Morgan fingerprint density at radius 3 is 2.74 bits per heavy atom. The molecule has 0 N–H and O–H groups in total. The Kier molecular flexibility index (Phi) is 6.57. The molecule has 19 heavy (non-hydrogen) atoms. The molecule has 1 aromatic rings. The van der Waals surface area contributed by atoms with Gasteiger partial charge in [0.1, 0.15) is 0 Å². The van der Waals surface area contributed by atoms with Gasteiger partial charge >= 0.3 is 5.97 Å². The van der Waals surface area contributed by atoms with Crippen LogP contribution < -0.4 is 0 Å². The van der Waals surface area contributed by atoms with Crippen LogP contribution in [0, 0.1) is 0 Å². The van der Waals surface area contributed by atoms with Gasteiger partial charge < -0.3 is 9.64 Å². The summed E-state index contributed by atoms with van der Waals surface area (Å²) in [6.07, 6.45) is 2.78. The molecule has 1 heterocycles. The van der Waals surface area contributed by atoms with Gasteiger partial charge in [-0.2, -0.15) is 0 Å². The minimum absolute atomic E-state index is 0.0519. The first kappa shape index (κ1) is 15.1. The molecule has 0 fully saturated rings. The molecule has 5 nitrogen and oxygen atoms in total. The zero-order chi connectivity index (χ0) is 14.1. The largest absolute Gasteiger partial charge is 0.466 e. The molecule has 0 spiro atoms. The topological polar surface area (TPSA) is 59.5 Å². The van der Waals surface area contributed by atoms with Crippen LogP contribution in [0.5, 0.6) is 0 Å². The van der Waals surface area contributed by atoms with E-state index in [0.717, 1.165) is 5.69 Å². The van der Waals surface area contributed by atoms with Gasteiger partial charge in [-0.1, -0.05) is 6.07 Å². The summed E-state index contributed by atoms with van der Waals surface area (Å²) in [5.74, 6) is -0.377. The molecule has 104 valence electrons. The van der Waals surface area contributed by atoms with Gasteiger partial charge in [-0.3, -0.25) is 14.6 Å². The first-order valence-electron chi connectivity index (χ1n) is 6.43. The van der Waals surface area contributed by atoms with Gasteiger partial charge in [-0.05, 0) is 19.1 Å². The third-order valence-electron chi connectivity index (χ3n) is 2.70. The second kappa shape index (κ2) is 8.24. The molecule has 0 aliphatic rings. The zero-order valence-corrected chi connectivity index (χ0v) is 11.5. The monoisotopic (exact) mass is 264 g/mol. The first-order chi connectivity index (χ1) is 9.13. The molecule has 0 bridgehead atoms. The summed E-state index contributed by atoms with van der Waals surface area (Å²) in [7, 11) is 1.73. The summed E-state index contributed by atoms with van der Waals surface area (Å²) >= 11 is 0. The van der Waals surface area contributed by atoms with E-state index >= 15 is 0 Å². The van der Waals surface area contributed by atoms with Crippen molar-refractivity contribution in [2.75, 3.05) is 20.2 Å². The Bertz CT molecular complexity index is 406. The van der Waals surface area contributed by atoms with Gasteiger partial charge in [-0.25, -0.2) is 0 Å². The lowest BCUT2D eigenvalue weighted by Crippen LogP contribution is -2.29. The third-order valence-corrected chi connectivity index (χ3v) is 2.70. The lowest BCUT2D eigenvalue weighted by Gasteiger charge is -2.16. The number of likely N-dealkylation sites (N-methyl/N-ethyl adjacent to an activating group) is 1. The molecule has 0 atom stereocenters. The van der Waals surface area contributed by atoms with Gasteiger partial charge in [0.25, 0.3) is 0 Å². The highest BCUT2D eigenvalue weighted by atomic mass is 16.5. The Hall–Kier alpha value is -1.91. The van der Waals surface area contributed by atoms with Crippen LogP contribution >= 0.6 is 0 Å². The third kappa shape index (κ3) is 5.99. The fourth-order valence-electron chi connectivity index (χ4n) is 1.59. The molecule has 0 saturated heterocycles. The lowest BCUT2D eigenvalue weighted by atomic mass is 10.2. The maximum Gasteiger partial charge on any atom is 0.306 e. The minimum Gasteiger partial charge on any atom is -0.466 e. The number of rotatable bonds is 7. The number of esters is 1. The van der Waals surface area contributed by atoms with Crippen molar-refractivity contribution < 1.29 is 14.3 Å². The van der Waals surface area contributed by atoms with Crippen molar-refractivity contribution in [3.05, 3.63) is 30.1 Å². The molecule has 0 unspecified atom stereocenters. The van der Waals surface area contributed by atoms with Crippen molar-refractivity contribution in [1.29, 1.82) is 0 Å². The fraction of sp³-hybridized carbons (Fsp3) is 0.500. The highest BCUT2D eigenvalue weighted by Gasteiger charge is 2.11. The Morgan fingerprint density at radius 2 is 2.11 bits per heavy atom. The van der Waals surface area contributed by atoms with Gasteiger partial charge in [0.15, 0.2) is 0 Å². The van der Waals surface area contributed by atoms with E-state index in [1.165, 1.54) is 0 Å². The summed E-state index contributed by atoms with van der Waals surface area (Å²) in [5, 5.41) is 0. The highest BCUT2D eigenvalue weighted by molar-refractivity contribution is 5.81. The normalized spacial score (nSPS) is 10.0. The summed E-state index contributed by atoms with van der Waals surface area (Å²) < 4.78 is 4.78. The van der Waals surface area contributed by atoms with Crippen molar-refractivity contribution >= 4 is 11.9 Å². The van der Waals surface area contributed by atoms with Crippen LogP contribution in [0.4, 0.5) is 0 Å². The molecule has 0 aromatic carbocycles. The number of carbonyl (C=O) groups is 2. The zero-order valence-electron chi connectivity index (χ0n) is 11.5. The van der Waals surface area contributed by atoms with E-state index in [-0.39, 0.29) is 24.7 Å². The second-order valence-corrected chi connectivity index (χ2v) is 4.19. The Morgan fingerprint density at radius 1 is 1.32 bits per heavy atom. The number of nitrogens with zero attached hydrogens (tertiary/aromatic N) is 2. The van der Waals surface area contributed by atoms with E-state index in [1.54, 1.807) is 25.1 Å². The van der Waals surface area contributed by atoms with E-state index < -0.39 is 0 Å². The SMILES string of the molecule is CCOC(=O)CCC(=O)N(C)CCc1ccccn1. The number of hydrogen-bond donors (Lipinski definition) is 0. The molecule has 1 aromatic heterocycles. The fourth-order valence-corrected chi connectivity index (χ4v) is 1.59. The molecule has 0 radical (unpaired) electrons. The number of carbonyl (C=O) groups excluding carboxylic acids is 2. The smallest absolute Gasteiger partial charge is 0.306 e. The molecular weight excluding hydrogens is 244 g/mol. The Labute approximate surface area is 113 Å². The van der Waals surface area contributed by atoms with E-state index in [4.69, 9.17) is 4.74 Å². The van der Waals surface area contributed by atoms with E-state index in [9.17, 15) is 9.59 Å². The van der Waals surface area contributed by atoms with Gasteiger partial charge in [0.2, 0.25) is 5.91 Å². The maximum absolute atomic E-state index is 11.8. The maximum atomic E-state index is 11.8. The Balaban J connectivity index is 2.27. The molecule has 1 amide bonds. The molecule has 0 aliphatic carbocycles. The average Bonchev–Trinajstić information content (AvgIpc) is 2.43. The van der Waals surface area contributed by atoms with Crippen molar-refractivity contribution in [2.45, 2.75) is 26.2 Å². The average molecular weight is 264 g/mol. The standard InChI is InChI=1S/C14H20N2O3/c1-3-19-14(18)8-7-13(17)16(2)11-9-12-6-4-5-10-15-12/h4-6,10H,3,7-9,11H2,1-2H3. The van der Waals surface area contributed by atoms with Gasteiger partial charge in [-0.15, -0.1) is 0 Å². The molecule has 0 saturated carbocycles. The van der Waals surface area contributed by atoms with Crippen molar-refractivity contribution in [3.8, 4) is 0 Å². The van der Waals surface area contributed by atoms with Crippen LogP contribution in [0.3, 0.4) is 0 Å². The van der Waals surface area contributed by atoms with E-state index in [2.05, 4.69) is 4.98 Å². The van der Waals surface area contributed by atoms with Crippen LogP contribution in [0.25, 0.3) is 0 Å². The molecular formula is C14H20N2O3. The number of aromatic nitrogens is 1. The second-order valence-electron chi connectivity index (χ2n) is 4.19. The summed E-state index contributed by atoms with van der Waals surface area (Å²) in [6.45, 7) is 2.69. The summed E-state index contributed by atoms with van der Waals surface area (Å²) in [6, 6.07) is 5.71. The van der Waals surface area contributed by atoms with Gasteiger partial charge in [0, 0.05) is 38.3 Å². The van der Waals surface area contributed by atoms with Crippen LogP contribution in [0.2, 0.25) is 0 Å². The summed E-state index contributed by atoms with van der Waals surface area (Å²) in [4.78, 5) is 28.7.